The number of hydrogen-bond acceptors (Lipinski definition) is 2. The number of nitrogens with one attached hydrogen (secondary N) is 1. The van der Waals surface area contributed by atoms with Gasteiger partial charge in [0.25, 0.3) is 0 Å². The van der Waals surface area contributed by atoms with Gasteiger partial charge >= 0.3 is 0 Å². The normalized spacial score (nSPS) is 24.6. The van der Waals surface area contributed by atoms with E-state index in [0.717, 1.165) is 25.7 Å². The molecule has 1 saturated heterocycles. The minimum atomic E-state index is 0.470. The van der Waals surface area contributed by atoms with E-state index in [-0.39, 0.29) is 0 Å². The Morgan fingerprint density at radius 1 is 1.30 bits per heavy atom. The third-order valence-electron chi connectivity index (χ3n) is 4.90. The lowest BCUT2D eigenvalue weighted by Crippen LogP contribution is -2.29. The molecule has 0 spiro atoms. The molecule has 2 unspecified atom stereocenters. The summed E-state index contributed by atoms with van der Waals surface area (Å²) < 4.78 is 5.61. The summed E-state index contributed by atoms with van der Waals surface area (Å²) in [6.07, 6.45) is 6.54. The van der Waals surface area contributed by atoms with E-state index in [2.05, 4.69) is 36.5 Å². The smallest absolute Gasteiger partial charge is 0.0513 e. The summed E-state index contributed by atoms with van der Waals surface area (Å²) >= 11 is 0. The van der Waals surface area contributed by atoms with Crippen molar-refractivity contribution in [2.24, 2.45) is 5.92 Å². The van der Waals surface area contributed by atoms with Gasteiger partial charge in [0.05, 0.1) is 6.61 Å². The van der Waals surface area contributed by atoms with Crippen molar-refractivity contribution < 1.29 is 4.74 Å². The van der Waals surface area contributed by atoms with E-state index >= 15 is 0 Å². The molecule has 0 radical (unpaired) electrons. The van der Waals surface area contributed by atoms with Gasteiger partial charge < -0.3 is 10.1 Å². The van der Waals surface area contributed by atoms with Crippen LogP contribution in [0, 0.1) is 5.92 Å². The molecule has 1 aliphatic carbocycles. The molecule has 2 nitrogen and oxygen atoms in total. The second-order valence-corrected chi connectivity index (χ2v) is 6.35. The maximum Gasteiger partial charge on any atom is 0.0513 e. The Labute approximate surface area is 122 Å². The highest BCUT2D eigenvalue weighted by Gasteiger charge is 2.27. The number of hydrogen-bond donors (Lipinski definition) is 1. The third-order valence-corrected chi connectivity index (χ3v) is 4.90. The highest BCUT2D eigenvalue weighted by molar-refractivity contribution is 5.30. The molecule has 1 aromatic carbocycles. The Balaban J connectivity index is 1.77. The van der Waals surface area contributed by atoms with Crippen molar-refractivity contribution in [1.82, 2.24) is 5.32 Å². The van der Waals surface area contributed by atoms with E-state index in [4.69, 9.17) is 4.74 Å². The first kappa shape index (κ1) is 14.1. The molecule has 2 atom stereocenters. The molecule has 2 fully saturated rings. The standard InChI is InChI=1S/C18H27NO/c1-2-10-19-18(17-9-11-20-13-17)16-8-4-7-15(12-16)14-5-3-6-14/h4,7-8,12,14,17-19H,2-3,5-6,9-11,13H2,1H3. The SMILES string of the molecule is CCCNC(c1cccc(C2CCC2)c1)C1CCOC1. The van der Waals surface area contributed by atoms with E-state index in [1.807, 2.05) is 0 Å². The lowest BCUT2D eigenvalue weighted by atomic mass is 9.79. The van der Waals surface area contributed by atoms with Gasteiger partial charge in [0.1, 0.15) is 0 Å². The zero-order chi connectivity index (χ0) is 13.8. The summed E-state index contributed by atoms with van der Waals surface area (Å²) in [5.74, 6) is 1.46. The van der Waals surface area contributed by atoms with Crippen LogP contribution in [0.4, 0.5) is 0 Å². The van der Waals surface area contributed by atoms with Gasteiger partial charge in [0, 0.05) is 18.6 Å². The van der Waals surface area contributed by atoms with E-state index in [1.165, 1.54) is 37.7 Å². The molecule has 1 aromatic rings. The summed E-state index contributed by atoms with van der Waals surface area (Å²) in [6, 6.07) is 9.79. The van der Waals surface area contributed by atoms with Crippen molar-refractivity contribution in [1.29, 1.82) is 0 Å². The van der Waals surface area contributed by atoms with E-state index in [9.17, 15) is 0 Å². The quantitative estimate of drug-likeness (QED) is 0.845. The molecule has 3 rings (SSSR count). The van der Waals surface area contributed by atoms with Crippen LogP contribution in [-0.2, 0) is 4.74 Å². The van der Waals surface area contributed by atoms with Crippen LogP contribution >= 0.6 is 0 Å². The molecule has 0 aromatic heterocycles. The van der Waals surface area contributed by atoms with Crippen LogP contribution in [0.5, 0.6) is 0 Å². The average molecular weight is 273 g/mol. The van der Waals surface area contributed by atoms with Gasteiger partial charge in [-0.2, -0.15) is 0 Å². The Morgan fingerprint density at radius 2 is 2.20 bits per heavy atom. The lowest BCUT2D eigenvalue weighted by Gasteiger charge is -2.29. The first-order chi connectivity index (χ1) is 9.88. The summed E-state index contributed by atoms with van der Waals surface area (Å²) in [5, 5.41) is 3.75. The van der Waals surface area contributed by atoms with Crippen LogP contribution in [0.3, 0.4) is 0 Å². The van der Waals surface area contributed by atoms with Gasteiger partial charge in [0.2, 0.25) is 0 Å². The molecule has 1 heterocycles. The zero-order valence-electron chi connectivity index (χ0n) is 12.6. The van der Waals surface area contributed by atoms with Gasteiger partial charge in [-0.15, -0.1) is 0 Å². The van der Waals surface area contributed by atoms with Crippen molar-refractivity contribution >= 4 is 0 Å². The largest absolute Gasteiger partial charge is 0.381 e. The van der Waals surface area contributed by atoms with Crippen LogP contribution in [-0.4, -0.2) is 19.8 Å². The van der Waals surface area contributed by atoms with Gasteiger partial charge in [-0.05, 0) is 49.3 Å². The molecule has 1 N–H and O–H groups in total. The summed E-state index contributed by atoms with van der Waals surface area (Å²) in [5.41, 5.74) is 3.02. The predicted octanol–water partition coefficient (Wildman–Crippen LogP) is 4.03. The molecule has 2 heteroatoms. The Hall–Kier alpha value is -0.860. The van der Waals surface area contributed by atoms with E-state index < -0.39 is 0 Å². The molecule has 2 aliphatic rings. The molecule has 1 saturated carbocycles. The summed E-state index contributed by atoms with van der Waals surface area (Å²) in [6.45, 7) is 5.17. The average Bonchev–Trinajstić information content (AvgIpc) is 2.92. The van der Waals surface area contributed by atoms with Gasteiger partial charge in [0.15, 0.2) is 0 Å². The van der Waals surface area contributed by atoms with Gasteiger partial charge in [-0.25, -0.2) is 0 Å². The number of ether oxygens (including phenoxy) is 1. The van der Waals surface area contributed by atoms with Gasteiger partial charge in [-0.1, -0.05) is 37.6 Å². The molecule has 0 bridgehead atoms. The summed E-state index contributed by atoms with van der Waals surface area (Å²) in [7, 11) is 0. The van der Waals surface area contributed by atoms with Crippen molar-refractivity contribution in [2.45, 2.75) is 51.0 Å². The van der Waals surface area contributed by atoms with Crippen LogP contribution < -0.4 is 5.32 Å². The molecular weight excluding hydrogens is 246 g/mol. The molecular formula is C18H27NO. The maximum atomic E-state index is 5.61. The molecule has 0 amide bonds. The van der Waals surface area contributed by atoms with Crippen LogP contribution in [0.1, 0.15) is 62.1 Å². The molecule has 1 aliphatic heterocycles. The minimum absolute atomic E-state index is 0.470. The first-order valence-electron chi connectivity index (χ1n) is 8.29. The van der Waals surface area contributed by atoms with E-state index in [0.29, 0.717) is 12.0 Å². The van der Waals surface area contributed by atoms with Crippen LogP contribution in [0.25, 0.3) is 0 Å². The van der Waals surface area contributed by atoms with Crippen molar-refractivity contribution in [2.75, 3.05) is 19.8 Å². The maximum absolute atomic E-state index is 5.61. The van der Waals surface area contributed by atoms with Crippen molar-refractivity contribution in [3.05, 3.63) is 35.4 Å². The fraction of sp³-hybridized carbons (Fsp3) is 0.667. The Bertz CT molecular complexity index is 421. The van der Waals surface area contributed by atoms with Crippen molar-refractivity contribution in [3.8, 4) is 0 Å². The molecule has 20 heavy (non-hydrogen) atoms. The highest BCUT2D eigenvalue weighted by atomic mass is 16.5. The minimum Gasteiger partial charge on any atom is -0.381 e. The number of benzene rings is 1. The Kier molecular flexibility index (Phi) is 4.74. The Morgan fingerprint density at radius 3 is 2.85 bits per heavy atom. The fourth-order valence-corrected chi connectivity index (χ4v) is 3.42. The second kappa shape index (κ2) is 6.73. The summed E-state index contributed by atoms with van der Waals surface area (Å²) in [4.78, 5) is 0. The third kappa shape index (κ3) is 3.07. The van der Waals surface area contributed by atoms with Crippen LogP contribution in [0.15, 0.2) is 24.3 Å². The second-order valence-electron chi connectivity index (χ2n) is 6.35. The zero-order valence-corrected chi connectivity index (χ0v) is 12.6. The predicted molar refractivity (Wildman–Crippen MR) is 83.0 cm³/mol. The van der Waals surface area contributed by atoms with Gasteiger partial charge in [-0.3, -0.25) is 0 Å². The molecule has 110 valence electrons. The highest BCUT2D eigenvalue weighted by Crippen LogP contribution is 2.38. The number of rotatable bonds is 6. The lowest BCUT2D eigenvalue weighted by molar-refractivity contribution is 0.176. The van der Waals surface area contributed by atoms with Crippen LogP contribution in [0.2, 0.25) is 0 Å². The fourth-order valence-electron chi connectivity index (χ4n) is 3.42. The van der Waals surface area contributed by atoms with E-state index in [1.54, 1.807) is 5.56 Å². The first-order valence-corrected chi connectivity index (χ1v) is 8.29. The van der Waals surface area contributed by atoms with Crippen molar-refractivity contribution in [3.63, 3.8) is 0 Å². The monoisotopic (exact) mass is 273 g/mol. The topological polar surface area (TPSA) is 21.3 Å².